The molecule has 3 unspecified atom stereocenters. The average Bonchev–Trinajstić information content (AvgIpc) is 2.68. The summed E-state index contributed by atoms with van der Waals surface area (Å²) in [5, 5.41) is 7.25. The first-order valence-corrected chi connectivity index (χ1v) is 7.08. The first-order chi connectivity index (χ1) is 9.38. The van der Waals surface area contributed by atoms with Crippen molar-refractivity contribution < 1.29 is 9.53 Å². The minimum absolute atomic E-state index is 0.0391. The van der Waals surface area contributed by atoms with Gasteiger partial charge < -0.3 is 15.0 Å². The first-order valence-electron chi connectivity index (χ1n) is 7.08. The highest BCUT2D eigenvalue weighted by molar-refractivity contribution is 5.75. The topological polar surface area (TPSA) is 59.4 Å². The largest absolute Gasteiger partial charge is 0.372 e. The van der Waals surface area contributed by atoms with Gasteiger partial charge in [-0.25, -0.2) is 4.79 Å². The van der Waals surface area contributed by atoms with Crippen LogP contribution in [0.15, 0.2) is 6.20 Å². The Hall–Kier alpha value is -1.56. The molecule has 1 aromatic rings. The molecule has 0 saturated carbocycles. The number of hydrogen-bond donors (Lipinski definition) is 1. The number of ether oxygens (including phenoxy) is 1. The van der Waals surface area contributed by atoms with Crippen molar-refractivity contribution in [3.8, 4) is 0 Å². The second-order valence-electron chi connectivity index (χ2n) is 5.64. The molecule has 0 bridgehead atoms. The van der Waals surface area contributed by atoms with Crippen LogP contribution in [0.25, 0.3) is 0 Å². The van der Waals surface area contributed by atoms with Gasteiger partial charge in [0.25, 0.3) is 0 Å². The molecule has 6 nitrogen and oxygen atoms in total. The van der Waals surface area contributed by atoms with Crippen molar-refractivity contribution >= 4 is 6.03 Å². The molecular formula is C14H24N4O2. The van der Waals surface area contributed by atoms with Gasteiger partial charge in [0.1, 0.15) is 0 Å². The predicted molar refractivity (Wildman–Crippen MR) is 76.5 cm³/mol. The zero-order valence-corrected chi connectivity index (χ0v) is 12.9. The Labute approximate surface area is 120 Å². The van der Waals surface area contributed by atoms with E-state index in [1.54, 1.807) is 0 Å². The molecule has 0 spiro atoms. The Morgan fingerprint density at radius 2 is 2.05 bits per heavy atom. The lowest BCUT2D eigenvalue weighted by Gasteiger charge is -2.35. The molecule has 1 N–H and O–H groups in total. The van der Waals surface area contributed by atoms with E-state index in [9.17, 15) is 4.79 Å². The Kier molecular flexibility index (Phi) is 4.32. The molecule has 112 valence electrons. The molecular weight excluding hydrogens is 256 g/mol. The maximum absolute atomic E-state index is 12.3. The SMILES string of the molecule is Cc1c(C(C)NC(=O)N2CC(C)OC(C)C2)cnn1C. The van der Waals surface area contributed by atoms with Crippen molar-refractivity contribution in [2.75, 3.05) is 13.1 Å². The van der Waals surface area contributed by atoms with Crippen molar-refractivity contribution in [2.24, 2.45) is 7.05 Å². The highest BCUT2D eigenvalue weighted by atomic mass is 16.5. The van der Waals surface area contributed by atoms with Crippen molar-refractivity contribution in [3.63, 3.8) is 0 Å². The van der Waals surface area contributed by atoms with Crippen LogP contribution in [0.4, 0.5) is 4.79 Å². The van der Waals surface area contributed by atoms with Crippen LogP contribution in [0, 0.1) is 6.92 Å². The maximum Gasteiger partial charge on any atom is 0.318 e. The minimum Gasteiger partial charge on any atom is -0.372 e. The van der Waals surface area contributed by atoms with E-state index in [2.05, 4.69) is 10.4 Å². The zero-order valence-electron chi connectivity index (χ0n) is 12.9. The number of nitrogens with zero attached hydrogens (tertiary/aromatic N) is 3. The van der Waals surface area contributed by atoms with E-state index in [-0.39, 0.29) is 24.3 Å². The van der Waals surface area contributed by atoms with Gasteiger partial charge in [0.2, 0.25) is 0 Å². The number of aromatic nitrogens is 2. The van der Waals surface area contributed by atoms with E-state index in [1.807, 2.05) is 50.5 Å². The Balaban J connectivity index is 1.99. The molecule has 6 heteroatoms. The second kappa shape index (κ2) is 5.83. The molecule has 2 heterocycles. The van der Waals surface area contributed by atoms with Gasteiger partial charge in [-0.2, -0.15) is 5.10 Å². The summed E-state index contributed by atoms with van der Waals surface area (Å²) >= 11 is 0. The van der Waals surface area contributed by atoms with Gasteiger partial charge >= 0.3 is 6.03 Å². The van der Waals surface area contributed by atoms with Gasteiger partial charge in [0, 0.05) is 31.4 Å². The third-order valence-corrected chi connectivity index (χ3v) is 3.79. The lowest BCUT2D eigenvalue weighted by molar-refractivity contribution is -0.0547. The quantitative estimate of drug-likeness (QED) is 0.895. The number of urea groups is 1. The number of carbonyl (C=O) groups is 1. The average molecular weight is 280 g/mol. The third kappa shape index (κ3) is 3.12. The van der Waals surface area contributed by atoms with Crippen molar-refractivity contribution in [2.45, 2.75) is 45.9 Å². The molecule has 2 amide bonds. The summed E-state index contributed by atoms with van der Waals surface area (Å²) in [6.07, 6.45) is 1.98. The normalized spacial score (nSPS) is 24.6. The van der Waals surface area contributed by atoms with Gasteiger partial charge in [-0.3, -0.25) is 4.68 Å². The number of rotatable bonds is 2. The summed E-state index contributed by atoms with van der Waals surface area (Å²) in [5.41, 5.74) is 2.12. The van der Waals surface area contributed by atoms with Crippen molar-refractivity contribution in [1.82, 2.24) is 20.0 Å². The number of amides is 2. The molecule has 1 aliphatic rings. The van der Waals surface area contributed by atoms with Crippen molar-refractivity contribution in [3.05, 3.63) is 17.5 Å². The van der Waals surface area contributed by atoms with Crippen LogP contribution in [0.3, 0.4) is 0 Å². The minimum atomic E-state index is -0.0512. The van der Waals surface area contributed by atoms with Gasteiger partial charge in [-0.15, -0.1) is 0 Å². The summed E-state index contributed by atoms with van der Waals surface area (Å²) in [5.74, 6) is 0. The van der Waals surface area contributed by atoms with Gasteiger partial charge in [0.05, 0.1) is 24.4 Å². The molecule has 2 rings (SSSR count). The van der Waals surface area contributed by atoms with E-state index < -0.39 is 0 Å². The lowest BCUT2D eigenvalue weighted by Crippen LogP contribution is -2.52. The number of morpholine rings is 1. The molecule has 1 aromatic heterocycles. The van der Waals surface area contributed by atoms with Crippen LogP contribution in [0.5, 0.6) is 0 Å². The molecule has 0 radical (unpaired) electrons. The van der Waals surface area contributed by atoms with E-state index >= 15 is 0 Å². The van der Waals surface area contributed by atoms with Crippen LogP contribution in [0.2, 0.25) is 0 Å². The highest BCUT2D eigenvalue weighted by Crippen LogP contribution is 2.17. The monoisotopic (exact) mass is 280 g/mol. The summed E-state index contributed by atoms with van der Waals surface area (Å²) in [4.78, 5) is 14.1. The standard InChI is InChI=1S/C14H24N4O2/c1-9-7-18(8-10(2)20-9)14(19)16-11(3)13-6-15-17(5)12(13)4/h6,9-11H,7-8H2,1-5H3,(H,16,19). The van der Waals surface area contributed by atoms with E-state index in [0.717, 1.165) is 11.3 Å². The summed E-state index contributed by atoms with van der Waals surface area (Å²) < 4.78 is 7.46. The van der Waals surface area contributed by atoms with Crippen molar-refractivity contribution in [1.29, 1.82) is 0 Å². The first kappa shape index (κ1) is 14.8. The Bertz CT molecular complexity index is 476. The lowest BCUT2D eigenvalue weighted by atomic mass is 10.1. The van der Waals surface area contributed by atoms with Crippen LogP contribution in [0.1, 0.15) is 38.1 Å². The molecule has 0 aliphatic carbocycles. The number of carbonyl (C=O) groups excluding carboxylic acids is 1. The summed E-state index contributed by atoms with van der Waals surface area (Å²) in [6, 6.07) is -0.0904. The van der Waals surface area contributed by atoms with Gasteiger partial charge in [-0.1, -0.05) is 0 Å². The summed E-state index contributed by atoms with van der Waals surface area (Å²) in [6.45, 7) is 9.23. The fourth-order valence-electron chi connectivity index (χ4n) is 2.64. The molecule has 3 atom stereocenters. The van der Waals surface area contributed by atoms with Gasteiger partial charge in [-0.05, 0) is 27.7 Å². The molecule has 1 aliphatic heterocycles. The highest BCUT2D eigenvalue weighted by Gasteiger charge is 2.27. The van der Waals surface area contributed by atoms with Crippen LogP contribution < -0.4 is 5.32 Å². The van der Waals surface area contributed by atoms with Crippen LogP contribution in [-0.2, 0) is 11.8 Å². The Morgan fingerprint density at radius 3 is 2.55 bits per heavy atom. The maximum atomic E-state index is 12.3. The number of aryl methyl sites for hydroxylation is 1. The smallest absolute Gasteiger partial charge is 0.318 e. The molecule has 1 fully saturated rings. The number of nitrogens with one attached hydrogen (secondary N) is 1. The second-order valence-corrected chi connectivity index (χ2v) is 5.64. The van der Waals surface area contributed by atoms with E-state index in [0.29, 0.717) is 13.1 Å². The zero-order chi connectivity index (χ0) is 14.9. The molecule has 0 aromatic carbocycles. The van der Waals surface area contributed by atoms with E-state index in [1.165, 1.54) is 0 Å². The fraction of sp³-hybridized carbons (Fsp3) is 0.714. The fourth-order valence-corrected chi connectivity index (χ4v) is 2.64. The number of hydrogen-bond acceptors (Lipinski definition) is 3. The third-order valence-electron chi connectivity index (χ3n) is 3.79. The predicted octanol–water partition coefficient (Wildman–Crippen LogP) is 1.61. The van der Waals surface area contributed by atoms with Gasteiger partial charge in [0.15, 0.2) is 0 Å². The Morgan fingerprint density at radius 1 is 1.45 bits per heavy atom. The van der Waals surface area contributed by atoms with Crippen LogP contribution >= 0.6 is 0 Å². The summed E-state index contributed by atoms with van der Waals surface area (Å²) in [7, 11) is 1.90. The van der Waals surface area contributed by atoms with E-state index in [4.69, 9.17) is 4.74 Å². The molecule has 20 heavy (non-hydrogen) atoms. The molecule has 1 saturated heterocycles. The van der Waals surface area contributed by atoms with Crippen LogP contribution in [-0.4, -0.2) is 46.0 Å².